The van der Waals surface area contributed by atoms with E-state index in [1.54, 1.807) is 6.92 Å². The standard InChI is InChI=1S/C35H43N3O6/c1-5-23(4)31(38-34(42)28(17-22(2)3)20-30(39)44-21-24-11-7-6-8-12-24)32(40)35(43)37-29(33(36)41)19-25-15-16-26-13-9-10-14-27(26)18-25/h6-16,18,22-23,28-29,31H,5,17,19-21H2,1-4H3,(H2,36,41)(H,37,43)(H,38,42)/t23-,28+,29-,31?/m0/s1. The van der Waals surface area contributed by atoms with Gasteiger partial charge in [0.2, 0.25) is 17.6 Å². The van der Waals surface area contributed by atoms with E-state index in [1.165, 1.54) is 0 Å². The first kappa shape index (κ1) is 34.0. The molecule has 0 aliphatic carbocycles. The SMILES string of the molecule is CC[C@H](C)C(NC(=O)[C@@H](CC(=O)OCc1ccccc1)CC(C)C)C(=O)C(=O)N[C@@H](Cc1ccc2ccccc2c1)C(N)=O. The van der Waals surface area contributed by atoms with Crippen LogP contribution in [0.4, 0.5) is 0 Å². The summed E-state index contributed by atoms with van der Waals surface area (Å²) in [5, 5.41) is 7.21. The average Bonchev–Trinajstić information content (AvgIpc) is 3.01. The number of benzene rings is 3. The van der Waals surface area contributed by atoms with Gasteiger partial charge in [-0.1, -0.05) is 107 Å². The van der Waals surface area contributed by atoms with E-state index < -0.39 is 53.4 Å². The van der Waals surface area contributed by atoms with Crippen LogP contribution in [-0.4, -0.2) is 41.6 Å². The average molecular weight is 602 g/mol. The summed E-state index contributed by atoms with van der Waals surface area (Å²) < 4.78 is 5.39. The summed E-state index contributed by atoms with van der Waals surface area (Å²) in [6, 6.07) is 20.3. The number of hydrogen-bond acceptors (Lipinski definition) is 6. The molecule has 0 fully saturated rings. The number of esters is 1. The maximum atomic E-state index is 13.4. The number of fused-ring (bicyclic) bond motifs is 1. The first-order valence-electron chi connectivity index (χ1n) is 15.1. The first-order chi connectivity index (χ1) is 21.0. The van der Waals surface area contributed by atoms with Crippen molar-refractivity contribution in [1.82, 2.24) is 10.6 Å². The molecule has 0 bridgehead atoms. The molecule has 3 rings (SSSR count). The molecule has 44 heavy (non-hydrogen) atoms. The highest BCUT2D eigenvalue weighted by Crippen LogP contribution is 2.20. The lowest BCUT2D eigenvalue weighted by molar-refractivity contribution is -0.149. The van der Waals surface area contributed by atoms with Gasteiger partial charge in [0.1, 0.15) is 12.6 Å². The van der Waals surface area contributed by atoms with Gasteiger partial charge in [-0.05, 0) is 40.2 Å². The van der Waals surface area contributed by atoms with Gasteiger partial charge in [0.25, 0.3) is 5.91 Å². The molecule has 9 heteroatoms. The molecule has 0 heterocycles. The lowest BCUT2D eigenvalue weighted by Gasteiger charge is -2.26. The number of Topliss-reactive ketones (excluding diaryl/α,β-unsaturated/α-hetero) is 1. The monoisotopic (exact) mass is 601 g/mol. The maximum absolute atomic E-state index is 13.4. The molecule has 0 saturated heterocycles. The van der Waals surface area contributed by atoms with Crippen LogP contribution in [0.15, 0.2) is 72.8 Å². The molecule has 4 atom stereocenters. The predicted octanol–water partition coefficient (Wildman–Crippen LogP) is 4.25. The van der Waals surface area contributed by atoms with E-state index in [1.807, 2.05) is 93.6 Å². The lowest BCUT2D eigenvalue weighted by atomic mass is 9.90. The van der Waals surface area contributed by atoms with Gasteiger partial charge < -0.3 is 21.1 Å². The number of hydrogen-bond donors (Lipinski definition) is 3. The van der Waals surface area contributed by atoms with Crippen LogP contribution >= 0.6 is 0 Å². The molecule has 0 aromatic heterocycles. The normalized spacial score (nSPS) is 13.8. The number of carbonyl (C=O) groups is 5. The van der Waals surface area contributed by atoms with Crippen LogP contribution in [0.2, 0.25) is 0 Å². The van der Waals surface area contributed by atoms with Gasteiger partial charge in [0, 0.05) is 12.3 Å². The molecule has 3 aromatic rings. The minimum Gasteiger partial charge on any atom is -0.461 e. The van der Waals surface area contributed by atoms with Gasteiger partial charge in [-0.3, -0.25) is 24.0 Å². The van der Waals surface area contributed by atoms with E-state index >= 15 is 0 Å². The molecular weight excluding hydrogens is 558 g/mol. The summed E-state index contributed by atoms with van der Waals surface area (Å²) in [7, 11) is 0. The topological polar surface area (TPSA) is 145 Å². The van der Waals surface area contributed by atoms with Crippen molar-refractivity contribution in [2.24, 2.45) is 23.5 Å². The first-order valence-corrected chi connectivity index (χ1v) is 15.1. The second kappa shape index (κ2) is 16.4. The van der Waals surface area contributed by atoms with Gasteiger partial charge in [-0.15, -0.1) is 0 Å². The number of ketones is 1. The lowest BCUT2D eigenvalue weighted by Crippen LogP contribution is -2.55. The minimum absolute atomic E-state index is 0.0835. The summed E-state index contributed by atoms with van der Waals surface area (Å²) in [6.45, 7) is 7.54. The fraction of sp³-hybridized carbons (Fsp3) is 0.400. The van der Waals surface area contributed by atoms with E-state index in [9.17, 15) is 24.0 Å². The number of nitrogens with one attached hydrogen (secondary N) is 2. The summed E-state index contributed by atoms with van der Waals surface area (Å²) in [6.07, 6.45) is 0.810. The molecule has 0 radical (unpaired) electrons. The van der Waals surface area contributed by atoms with Gasteiger partial charge in [-0.2, -0.15) is 0 Å². The zero-order chi connectivity index (χ0) is 32.2. The van der Waals surface area contributed by atoms with Crippen LogP contribution in [-0.2, 0) is 41.7 Å². The number of carbonyl (C=O) groups excluding carboxylic acids is 5. The number of nitrogens with two attached hydrogens (primary N) is 1. The summed E-state index contributed by atoms with van der Waals surface area (Å²) in [5.74, 6) is -4.78. The Hall–Kier alpha value is -4.53. The molecule has 0 aliphatic heterocycles. The predicted molar refractivity (Wildman–Crippen MR) is 169 cm³/mol. The fourth-order valence-electron chi connectivity index (χ4n) is 5.02. The third kappa shape index (κ3) is 10.0. The molecule has 3 aromatic carbocycles. The van der Waals surface area contributed by atoms with Gasteiger partial charge in [-0.25, -0.2) is 0 Å². The van der Waals surface area contributed by atoms with Crippen molar-refractivity contribution in [2.75, 3.05) is 0 Å². The van der Waals surface area contributed by atoms with E-state index in [2.05, 4.69) is 10.6 Å². The molecular formula is C35H43N3O6. The second-order valence-electron chi connectivity index (χ2n) is 11.7. The molecule has 0 aliphatic rings. The number of rotatable bonds is 16. The van der Waals surface area contributed by atoms with E-state index in [0.29, 0.717) is 12.8 Å². The minimum atomic E-state index is -1.16. The van der Waals surface area contributed by atoms with Crippen molar-refractivity contribution in [3.05, 3.63) is 83.9 Å². The van der Waals surface area contributed by atoms with Crippen LogP contribution in [0, 0.1) is 17.8 Å². The van der Waals surface area contributed by atoms with Crippen molar-refractivity contribution in [3.8, 4) is 0 Å². The highest BCUT2D eigenvalue weighted by Gasteiger charge is 2.35. The third-order valence-electron chi connectivity index (χ3n) is 7.70. The van der Waals surface area contributed by atoms with E-state index in [4.69, 9.17) is 10.5 Å². The molecule has 9 nitrogen and oxygen atoms in total. The Balaban J connectivity index is 1.69. The van der Waals surface area contributed by atoms with Crippen molar-refractivity contribution < 1.29 is 28.7 Å². The number of primary amides is 1. The van der Waals surface area contributed by atoms with Gasteiger partial charge >= 0.3 is 5.97 Å². The van der Waals surface area contributed by atoms with Crippen molar-refractivity contribution in [3.63, 3.8) is 0 Å². The largest absolute Gasteiger partial charge is 0.461 e. The number of amides is 3. The molecule has 3 amide bonds. The van der Waals surface area contributed by atoms with E-state index in [-0.39, 0.29) is 25.4 Å². The third-order valence-corrected chi connectivity index (χ3v) is 7.70. The Morgan fingerprint density at radius 3 is 2.11 bits per heavy atom. The zero-order valence-electron chi connectivity index (χ0n) is 25.9. The van der Waals surface area contributed by atoms with Gasteiger partial charge in [0.15, 0.2) is 0 Å². The maximum Gasteiger partial charge on any atom is 0.306 e. The Morgan fingerprint density at radius 1 is 0.818 bits per heavy atom. The quantitative estimate of drug-likeness (QED) is 0.165. The number of ether oxygens (including phenoxy) is 1. The van der Waals surface area contributed by atoms with Gasteiger partial charge in [0.05, 0.1) is 12.5 Å². The summed E-state index contributed by atoms with van der Waals surface area (Å²) in [5.41, 5.74) is 7.20. The Morgan fingerprint density at radius 2 is 1.48 bits per heavy atom. The Bertz CT molecular complexity index is 1460. The van der Waals surface area contributed by atoms with Crippen LogP contribution in [0.3, 0.4) is 0 Å². The zero-order valence-corrected chi connectivity index (χ0v) is 25.9. The van der Waals surface area contributed by atoms with Crippen molar-refractivity contribution in [1.29, 1.82) is 0 Å². The summed E-state index contributed by atoms with van der Waals surface area (Å²) in [4.78, 5) is 65.0. The molecule has 234 valence electrons. The van der Waals surface area contributed by atoms with Crippen LogP contribution < -0.4 is 16.4 Å². The van der Waals surface area contributed by atoms with Crippen LogP contribution in [0.25, 0.3) is 10.8 Å². The Labute approximate surface area is 258 Å². The van der Waals surface area contributed by atoms with Crippen molar-refractivity contribution in [2.45, 2.75) is 72.1 Å². The highest BCUT2D eigenvalue weighted by molar-refractivity contribution is 6.38. The molecule has 4 N–H and O–H groups in total. The fourth-order valence-corrected chi connectivity index (χ4v) is 5.02. The van der Waals surface area contributed by atoms with Crippen molar-refractivity contribution >= 4 is 40.2 Å². The molecule has 0 saturated carbocycles. The highest BCUT2D eigenvalue weighted by atomic mass is 16.5. The van der Waals surface area contributed by atoms with E-state index in [0.717, 1.165) is 21.9 Å². The van der Waals surface area contributed by atoms with Crippen LogP contribution in [0.1, 0.15) is 58.1 Å². The molecule has 1 unspecified atom stereocenters. The molecule has 0 spiro atoms. The Kier molecular flexibility index (Phi) is 12.6. The smallest absolute Gasteiger partial charge is 0.306 e. The second-order valence-corrected chi connectivity index (χ2v) is 11.7. The summed E-state index contributed by atoms with van der Waals surface area (Å²) >= 11 is 0. The van der Waals surface area contributed by atoms with Crippen LogP contribution in [0.5, 0.6) is 0 Å².